The van der Waals surface area contributed by atoms with Crippen LogP contribution in [0.3, 0.4) is 0 Å². The van der Waals surface area contributed by atoms with Gasteiger partial charge >= 0.3 is 12.1 Å². The molecule has 8 nitrogen and oxygen atoms in total. The zero-order valence-electron chi connectivity index (χ0n) is 18.0. The molecule has 2 aromatic carbocycles. The van der Waals surface area contributed by atoms with Crippen LogP contribution >= 0.6 is 24.0 Å². The molecule has 4 N–H and O–H groups in total. The minimum atomic E-state index is -1.14. The number of carbonyl (C=O) groups excluding carboxylic acids is 1. The standard InChI is InChI=1S/C23H25N3O5S2/c1-33-10-9-19(22(28)29)25-21(27)17-8-7-15(11-18(17)14-5-3-2-4-6-14)26(23(30)31)20-12-16(32)13-24-20/h2-8,11,19-20,24H,9-10,12-13H2,1H3,(H,25,27)(H,28,29)(H,30,31)/t19-,20?/m0/s1. The van der Waals surface area contributed by atoms with Gasteiger partial charge in [0.1, 0.15) is 6.04 Å². The fourth-order valence-corrected chi connectivity index (χ4v) is 4.38. The third kappa shape index (κ3) is 6.10. The fraction of sp³-hybridized carbons (Fsp3) is 0.304. The highest BCUT2D eigenvalue weighted by Gasteiger charge is 2.31. The van der Waals surface area contributed by atoms with Gasteiger partial charge in [0.05, 0.1) is 6.17 Å². The summed E-state index contributed by atoms with van der Waals surface area (Å²) in [6, 6.07) is 12.8. The van der Waals surface area contributed by atoms with Crippen LogP contribution in [0.5, 0.6) is 0 Å². The SMILES string of the molecule is CSCC[C@H](NC(=O)c1ccc(N(C(=O)O)C2CC(=S)CN2)cc1-c1ccccc1)C(=O)O. The Hall–Kier alpha value is -2.95. The molecule has 1 fully saturated rings. The van der Waals surface area contributed by atoms with Gasteiger partial charge in [-0.3, -0.25) is 15.0 Å². The number of hydrogen-bond donors (Lipinski definition) is 4. The molecule has 10 heteroatoms. The summed E-state index contributed by atoms with van der Waals surface area (Å²) in [4.78, 5) is 38.7. The lowest BCUT2D eigenvalue weighted by molar-refractivity contribution is -0.139. The summed E-state index contributed by atoms with van der Waals surface area (Å²) < 4.78 is 0. The van der Waals surface area contributed by atoms with Gasteiger partial charge in [0.15, 0.2) is 0 Å². The highest BCUT2D eigenvalue weighted by Crippen LogP contribution is 2.31. The smallest absolute Gasteiger partial charge is 0.413 e. The molecule has 0 aromatic heterocycles. The number of rotatable bonds is 9. The number of hydrogen-bond acceptors (Lipinski definition) is 6. The van der Waals surface area contributed by atoms with Gasteiger partial charge in [0.2, 0.25) is 0 Å². The van der Waals surface area contributed by atoms with E-state index < -0.39 is 30.2 Å². The molecule has 0 saturated carbocycles. The Balaban J connectivity index is 2.00. The lowest BCUT2D eigenvalue weighted by atomic mass is 9.97. The Morgan fingerprint density at radius 3 is 2.52 bits per heavy atom. The van der Waals surface area contributed by atoms with Crippen molar-refractivity contribution in [1.82, 2.24) is 10.6 Å². The third-order valence-corrected chi connectivity index (χ3v) is 6.25. The first-order valence-corrected chi connectivity index (χ1v) is 12.1. The summed E-state index contributed by atoms with van der Waals surface area (Å²) in [5.74, 6) is -1.04. The maximum Gasteiger partial charge on any atom is 0.413 e. The van der Waals surface area contributed by atoms with Crippen LogP contribution in [0.1, 0.15) is 23.2 Å². The molecule has 0 bridgehead atoms. The van der Waals surface area contributed by atoms with Gasteiger partial charge < -0.3 is 15.5 Å². The maximum absolute atomic E-state index is 13.1. The van der Waals surface area contributed by atoms with Gasteiger partial charge in [0.25, 0.3) is 5.91 Å². The number of anilines is 1. The zero-order chi connectivity index (χ0) is 24.0. The van der Waals surface area contributed by atoms with E-state index in [0.29, 0.717) is 42.0 Å². The minimum Gasteiger partial charge on any atom is -0.480 e. The van der Waals surface area contributed by atoms with Crippen LogP contribution in [-0.4, -0.2) is 63.8 Å². The first-order valence-electron chi connectivity index (χ1n) is 10.3. The molecule has 1 aliphatic heterocycles. The second-order valence-corrected chi connectivity index (χ2v) is 9.10. The molecule has 0 aliphatic carbocycles. The number of carboxylic acids is 1. The van der Waals surface area contributed by atoms with Gasteiger partial charge in [-0.15, -0.1) is 0 Å². The van der Waals surface area contributed by atoms with Crippen molar-refractivity contribution in [3.05, 3.63) is 54.1 Å². The van der Waals surface area contributed by atoms with E-state index in [4.69, 9.17) is 12.2 Å². The van der Waals surface area contributed by atoms with Crippen molar-refractivity contribution in [3.63, 3.8) is 0 Å². The highest BCUT2D eigenvalue weighted by atomic mass is 32.2. The van der Waals surface area contributed by atoms with E-state index in [9.17, 15) is 24.6 Å². The van der Waals surface area contributed by atoms with Crippen molar-refractivity contribution in [1.29, 1.82) is 0 Å². The summed E-state index contributed by atoms with van der Waals surface area (Å²) in [5.41, 5.74) is 1.87. The number of carbonyl (C=O) groups is 3. The average molecular weight is 488 g/mol. The predicted octanol–water partition coefficient (Wildman–Crippen LogP) is 3.46. The van der Waals surface area contributed by atoms with E-state index in [1.807, 2.05) is 36.6 Å². The molecule has 33 heavy (non-hydrogen) atoms. The van der Waals surface area contributed by atoms with E-state index in [2.05, 4.69) is 10.6 Å². The molecule has 0 spiro atoms. The first kappa shape index (κ1) is 24.7. The summed E-state index contributed by atoms with van der Waals surface area (Å²) >= 11 is 6.72. The summed E-state index contributed by atoms with van der Waals surface area (Å²) in [6.45, 7) is 0.461. The monoisotopic (exact) mass is 487 g/mol. The number of nitrogens with one attached hydrogen (secondary N) is 2. The Morgan fingerprint density at radius 2 is 1.94 bits per heavy atom. The number of thiocarbonyl (C=S) groups is 1. The molecule has 1 aliphatic rings. The average Bonchev–Trinajstić information content (AvgIpc) is 3.22. The van der Waals surface area contributed by atoms with Crippen LogP contribution in [0.25, 0.3) is 11.1 Å². The zero-order valence-corrected chi connectivity index (χ0v) is 19.6. The summed E-state index contributed by atoms with van der Waals surface area (Å²) in [5, 5.41) is 25.1. The van der Waals surface area contributed by atoms with Crippen LogP contribution in [0.2, 0.25) is 0 Å². The van der Waals surface area contributed by atoms with Gasteiger partial charge in [-0.2, -0.15) is 11.8 Å². The number of benzene rings is 2. The topological polar surface area (TPSA) is 119 Å². The number of amides is 2. The molecular formula is C23H25N3O5S2. The van der Waals surface area contributed by atoms with Gasteiger partial charge in [-0.1, -0.05) is 42.5 Å². The van der Waals surface area contributed by atoms with E-state index in [-0.39, 0.29) is 5.56 Å². The Bertz CT molecular complexity index is 1050. The molecule has 3 rings (SSSR count). The molecule has 1 unspecified atom stereocenters. The van der Waals surface area contributed by atoms with Gasteiger partial charge in [-0.05, 0) is 47.8 Å². The Kier molecular flexibility index (Phi) is 8.43. The van der Waals surface area contributed by atoms with Crippen LogP contribution in [0.15, 0.2) is 48.5 Å². The fourth-order valence-electron chi connectivity index (χ4n) is 3.66. The third-order valence-electron chi connectivity index (χ3n) is 5.30. The van der Waals surface area contributed by atoms with E-state index >= 15 is 0 Å². The summed E-state index contributed by atoms with van der Waals surface area (Å²) in [6.07, 6.45) is 0.937. The molecule has 2 amide bonds. The van der Waals surface area contributed by atoms with Crippen molar-refractivity contribution < 1.29 is 24.6 Å². The molecular weight excluding hydrogens is 462 g/mol. The van der Waals surface area contributed by atoms with Crippen LogP contribution in [0, 0.1) is 0 Å². The first-order chi connectivity index (χ1) is 15.8. The lowest BCUT2D eigenvalue weighted by Gasteiger charge is -2.27. The molecule has 0 radical (unpaired) electrons. The molecule has 1 saturated heterocycles. The second-order valence-electron chi connectivity index (χ2n) is 7.53. The highest BCUT2D eigenvalue weighted by molar-refractivity contribution is 7.98. The van der Waals surface area contributed by atoms with Gasteiger partial charge in [-0.25, -0.2) is 9.59 Å². The number of carboxylic acid groups (broad SMARTS) is 2. The van der Waals surface area contributed by atoms with E-state index in [1.54, 1.807) is 12.1 Å². The van der Waals surface area contributed by atoms with E-state index in [1.165, 1.54) is 22.7 Å². The molecule has 2 aromatic rings. The largest absolute Gasteiger partial charge is 0.480 e. The van der Waals surface area contributed by atoms with Crippen LogP contribution < -0.4 is 15.5 Å². The van der Waals surface area contributed by atoms with Gasteiger partial charge in [0, 0.05) is 29.1 Å². The molecule has 2 atom stereocenters. The Labute approximate surface area is 201 Å². The maximum atomic E-state index is 13.1. The van der Waals surface area contributed by atoms with E-state index in [0.717, 1.165) is 4.86 Å². The van der Waals surface area contributed by atoms with Crippen molar-refractivity contribution in [2.75, 3.05) is 23.5 Å². The second kappa shape index (κ2) is 11.3. The predicted molar refractivity (Wildman–Crippen MR) is 133 cm³/mol. The van der Waals surface area contributed by atoms with Crippen LogP contribution in [0.4, 0.5) is 10.5 Å². The van der Waals surface area contributed by atoms with Crippen molar-refractivity contribution >= 4 is 52.5 Å². The normalized spacial score (nSPS) is 16.3. The summed E-state index contributed by atoms with van der Waals surface area (Å²) in [7, 11) is 0. The van der Waals surface area contributed by atoms with Crippen LogP contribution in [-0.2, 0) is 4.79 Å². The number of thioether (sulfide) groups is 1. The quantitative estimate of drug-likeness (QED) is 0.397. The molecule has 174 valence electrons. The van der Waals surface area contributed by atoms with Crippen molar-refractivity contribution in [3.8, 4) is 11.1 Å². The lowest BCUT2D eigenvalue weighted by Crippen LogP contribution is -2.45. The minimum absolute atomic E-state index is 0.264. The van der Waals surface area contributed by atoms with Crippen molar-refractivity contribution in [2.45, 2.75) is 25.0 Å². The number of nitrogens with zero attached hydrogens (tertiary/aromatic N) is 1. The molecule has 1 heterocycles. The van der Waals surface area contributed by atoms with Crippen molar-refractivity contribution in [2.24, 2.45) is 0 Å². The number of aliphatic carboxylic acids is 1. The Morgan fingerprint density at radius 1 is 1.21 bits per heavy atom.